The fourth-order valence-electron chi connectivity index (χ4n) is 2.05. The highest BCUT2D eigenvalue weighted by atomic mass is 16.6. The Morgan fingerprint density at radius 2 is 2.16 bits per heavy atom. The molecule has 0 aliphatic carbocycles. The molecule has 0 bridgehead atoms. The second-order valence-corrected chi connectivity index (χ2v) is 5.84. The quantitative estimate of drug-likeness (QED) is 0.775. The van der Waals surface area contributed by atoms with Crippen LogP contribution in [-0.4, -0.2) is 37.9 Å². The van der Waals surface area contributed by atoms with Gasteiger partial charge in [0.05, 0.1) is 12.2 Å². The molecule has 1 aromatic heterocycles. The molecule has 6 nitrogen and oxygen atoms in total. The Kier molecular flexibility index (Phi) is 3.34. The summed E-state index contributed by atoms with van der Waals surface area (Å²) in [5.74, 6) is -0.127. The summed E-state index contributed by atoms with van der Waals surface area (Å²) in [4.78, 5) is 13.8. The van der Waals surface area contributed by atoms with Gasteiger partial charge in [0.15, 0.2) is 0 Å². The molecule has 0 saturated carbocycles. The number of hydrogen-bond acceptors (Lipinski definition) is 5. The summed E-state index contributed by atoms with van der Waals surface area (Å²) >= 11 is 0. The molecule has 2 rings (SSSR count). The minimum atomic E-state index is -0.518. The zero-order valence-corrected chi connectivity index (χ0v) is 11.7. The van der Waals surface area contributed by atoms with E-state index in [9.17, 15) is 9.90 Å². The van der Waals surface area contributed by atoms with E-state index in [0.717, 1.165) is 11.3 Å². The highest BCUT2D eigenvalue weighted by Crippen LogP contribution is 2.24. The number of aromatic nitrogens is 2. The van der Waals surface area contributed by atoms with Crippen LogP contribution in [0.4, 0.5) is 4.79 Å². The van der Waals surface area contributed by atoms with E-state index in [0.29, 0.717) is 13.0 Å². The van der Waals surface area contributed by atoms with Gasteiger partial charge in [0.25, 0.3) is 0 Å². The van der Waals surface area contributed by atoms with E-state index in [-0.39, 0.29) is 18.0 Å². The van der Waals surface area contributed by atoms with Gasteiger partial charge in [-0.3, -0.25) is 0 Å². The molecule has 1 atom stereocenters. The minimum Gasteiger partial charge on any atom is -0.492 e. The first-order chi connectivity index (χ1) is 8.76. The zero-order chi connectivity index (χ0) is 14.2. The van der Waals surface area contributed by atoms with Crippen molar-refractivity contribution in [2.24, 2.45) is 0 Å². The smallest absolute Gasteiger partial charge is 0.410 e. The second-order valence-electron chi connectivity index (χ2n) is 5.84. The van der Waals surface area contributed by atoms with E-state index in [1.54, 1.807) is 11.0 Å². The summed E-state index contributed by atoms with van der Waals surface area (Å²) in [5.41, 5.74) is 1.12. The average Bonchev–Trinajstić information content (AvgIpc) is 2.26. The van der Waals surface area contributed by atoms with Gasteiger partial charge in [-0.2, -0.15) is 5.10 Å². The van der Waals surface area contributed by atoms with Gasteiger partial charge >= 0.3 is 6.09 Å². The molecule has 1 amide bonds. The lowest BCUT2D eigenvalue weighted by molar-refractivity contribution is 0.0135. The number of carbonyl (C=O) groups is 1. The number of fused-ring (bicyclic) bond motifs is 1. The highest BCUT2D eigenvalue weighted by Gasteiger charge is 2.31. The summed E-state index contributed by atoms with van der Waals surface area (Å²) in [7, 11) is 0. The van der Waals surface area contributed by atoms with Gasteiger partial charge < -0.3 is 14.7 Å². The molecule has 0 radical (unpaired) electrons. The van der Waals surface area contributed by atoms with Crippen LogP contribution in [0.2, 0.25) is 0 Å². The lowest BCUT2D eigenvalue weighted by Gasteiger charge is -2.35. The fourth-order valence-corrected chi connectivity index (χ4v) is 2.05. The highest BCUT2D eigenvalue weighted by molar-refractivity contribution is 5.69. The molecule has 1 aliphatic rings. The van der Waals surface area contributed by atoms with Crippen molar-refractivity contribution in [2.45, 2.75) is 52.3 Å². The van der Waals surface area contributed by atoms with Crippen molar-refractivity contribution in [1.29, 1.82) is 0 Å². The van der Waals surface area contributed by atoms with Gasteiger partial charge in [-0.05, 0) is 27.7 Å². The summed E-state index contributed by atoms with van der Waals surface area (Å²) in [6, 6.07) is 1.55. The van der Waals surface area contributed by atoms with Crippen LogP contribution in [0, 0.1) is 0 Å². The Labute approximate surface area is 112 Å². The van der Waals surface area contributed by atoms with E-state index in [1.165, 1.54) is 0 Å². The average molecular weight is 265 g/mol. The van der Waals surface area contributed by atoms with Crippen LogP contribution in [-0.2, 0) is 17.7 Å². The number of amides is 1. The summed E-state index contributed by atoms with van der Waals surface area (Å²) < 4.78 is 5.38. The fraction of sp³-hybridized carbons (Fsp3) is 0.615. The third kappa shape index (κ3) is 3.13. The van der Waals surface area contributed by atoms with Gasteiger partial charge in [-0.15, -0.1) is 5.10 Å². The Bertz CT molecular complexity index is 496. The van der Waals surface area contributed by atoms with Crippen LogP contribution >= 0.6 is 0 Å². The van der Waals surface area contributed by atoms with Gasteiger partial charge in [0.1, 0.15) is 5.60 Å². The number of ether oxygens (including phenoxy) is 1. The molecular weight excluding hydrogens is 246 g/mol. The number of hydrogen-bond donors (Lipinski definition) is 1. The van der Waals surface area contributed by atoms with Crippen LogP contribution in [0.3, 0.4) is 0 Å². The molecule has 0 fully saturated rings. The van der Waals surface area contributed by atoms with E-state index in [4.69, 9.17) is 4.74 Å². The van der Waals surface area contributed by atoms with Crippen LogP contribution in [0.1, 0.15) is 39.0 Å². The number of rotatable bonds is 0. The maximum Gasteiger partial charge on any atom is 0.410 e. The number of aromatic hydroxyl groups is 1. The number of carbonyl (C=O) groups excluding carboxylic acids is 1. The maximum atomic E-state index is 12.1. The van der Waals surface area contributed by atoms with Crippen molar-refractivity contribution < 1.29 is 14.6 Å². The molecule has 0 saturated heterocycles. The Hall–Kier alpha value is -1.85. The first-order valence-corrected chi connectivity index (χ1v) is 6.30. The van der Waals surface area contributed by atoms with Crippen molar-refractivity contribution in [3.8, 4) is 5.88 Å². The van der Waals surface area contributed by atoms with Crippen LogP contribution in [0.15, 0.2) is 6.07 Å². The monoisotopic (exact) mass is 265 g/mol. The van der Waals surface area contributed by atoms with E-state index in [2.05, 4.69) is 10.2 Å². The van der Waals surface area contributed by atoms with E-state index in [1.807, 2.05) is 27.7 Å². The zero-order valence-electron chi connectivity index (χ0n) is 11.7. The number of nitrogens with zero attached hydrogens (tertiary/aromatic N) is 3. The van der Waals surface area contributed by atoms with Crippen LogP contribution in [0.5, 0.6) is 5.88 Å². The largest absolute Gasteiger partial charge is 0.492 e. The molecule has 0 unspecified atom stereocenters. The Morgan fingerprint density at radius 1 is 1.47 bits per heavy atom. The van der Waals surface area contributed by atoms with Crippen molar-refractivity contribution in [3.63, 3.8) is 0 Å². The standard InChI is InChI=1S/C13H19N3O3/c1-8-5-10-9(6-11(17)15-14-10)7-16(8)12(18)19-13(2,3)4/h6,8H,5,7H2,1-4H3,(H,15,17)/t8-/m1/s1. The van der Waals surface area contributed by atoms with Crippen LogP contribution in [0.25, 0.3) is 0 Å². The predicted octanol–water partition coefficient (Wildman–Crippen LogP) is 1.86. The summed E-state index contributed by atoms with van der Waals surface area (Å²) in [5, 5.41) is 16.9. The van der Waals surface area contributed by atoms with Gasteiger partial charge in [-0.25, -0.2) is 4.79 Å². The Morgan fingerprint density at radius 3 is 2.79 bits per heavy atom. The van der Waals surface area contributed by atoms with E-state index >= 15 is 0 Å². The minimum absolute atomic E-state index is 0.00110. The molecule has 1 aliphatic heterocycles. The molecule has 0 spiro atoms. The first-order valence-electron chi connectivity index (χ1n) is 6.30. The first kappa shape index (κ1) is 13.6. The Balaban J connectivity index is 2.19. The molecule has 1 aromatic rings. The third-order valence-electron chi connectivity index (χ3n) is 2.94. The SMILES string of the molecule is C[C@@H]1Cc2nnc(O)cc2CN1C(=O)OC(C)(C)C. The third-order valence-corrected chi connectivity index (χ3v) is 2.94. The van der Waals surface area contributed by atoms with Crippen molar-refractivity contribution >= 4 is 6.09 Å². The maximum absolute atomic E-state index is 12.1. The van der Waals surface area contributed by atoms with Crippen LogP contribution < -0.4 is 0 Å². The molecule has 1 N–H and O–H groups in total. The molecule has 104 valence electrons. The van der Waals surface area contributed by atoms with Gasteiger partial charge in [-0.1, -0.05) is 0 Å². The summed E-state index contributed by atoms with van der Waals surface area (Å²) in [6.07, 6.45) is 0.268. The molecule has 6 heteroatoms. The van der Waals surface area contributed by atoms with Gasteiger partial charge in [0.2, 0.25) is 5.88 Å². The topological polar surface area (TPSA) is 75.6 Å². The lowest BCUT2D eigenvalue weighted by atomic mass is 10.0. The molecule has 0 aromatic carbocycles. The lowest BCUT2D eigenvalue weighted by Crippen LogP contribution is -2.45. The van der Waals surface area contributed by atoms with E-state index < -0.39 is 5.60 Å². The molecule has 19 heavy (non-hydrogen) atoms. The molecular formula is C13H19N3O3. The summed E-state index contributed by atoms with van der Waals surface area (Å²) in [6.45, 7) is 7.84. The normalized spacial score (nSPS) is 18.9. The van der Waals surface area contributed by atoms with Crippen molar-refractivity contribution in [2.75, 3.05) is 0 Å². The van der Waals surface area contributed by atoms with Crippen molar-refractivity contribution in [3.05, 3.63) is 17.3 Å². The van der Waals surface area contributed by atoms with Crippen molar-refractivity contribution in [1.82, 2.24) is 15.1 Å². The second kappa shape index (κ2) is 4.68. The van der Waals surface area contributed by atoms with Gasteiger partial charge in [0, 0.05) is 24.1 Å². The molecule has 2 heterocycles. The predicted molar refractivity (Wildman–Crippen MR) is 68.6 cm³/mol.